The van der Waals surface area contributed by atoms with Crippen molar-refractivity contribution in [2.45, 2.75) is 12.7 Å². The Kier molecular flexibility index (Phi) is 4.00. The van der Waals surface area contributed by atoms with Crippen molar-refractivity contribution in [3.63, 3.8) is 0 Å². The molecule has 0 aliphatic carbocycles. The van der Waals surface area contributed by atoms with Crippen molar-refractivity contribution >= 4 is 17.3 Å². The van der Waals surface area contributed by atoms with Crippen molar-refractivity contribution < 1.29 is 13.2 Å². The Morgan fingerprint density at radius 2 is 1.68 bits per heavy atom. The molecule has 0 aliphatic heterocycles. The standard InChI is InChI=1S/C14H11ClF3N/c15-12-7-6-11(14(16,17)18)8-13(12)19-9-10-4-2-1-3-5-10/h1-8,19H,9H2. The zero-order valence-electron chi connectivity index (χ0n) is 9.84. The number of anilines is 1. The molecule has 1 N–H and O–H groups in total. The van der Waals surface area contributed by atoms with Gasteiger partial charge in [0.25, 0.3) is 0 Å². The van der Waals surface area contributed by atoms with Gasteiger partial charge in [-0.25, -0.2) is 0 Å². The van der Waals surface area contributed by atoms with Crippen molar-refractivity contribution in [2.24, 2.45) is 0 Å². The molecule has 0 saturated carbocycles. The largest absolute Gasteiger partial charge is 0.416 e. The van der Waals surface area contributed by atoms with E-state index in [-0.39, 0.29) is 10.7 Å². The summed E-state index contributed by atoms with van der Waals surface area (Å²) in [5, 5.41) is 3.18. The number of nitrogens with one attached hydrogen (secondary N) is 1. The van der Waals surface area contributed by atoms with Gasteiger partial charge in [0, 0.05) is 6.54 Å². The first-order chi connectivity index (χ1) is 8.97. The summed E-state index contributed by atoms with van der Waals surface area (Å²) in [5.74, 6) is 0. The third-order valence-corrected chi connectivity index (χ3v) is 2.95. The fourth-order valence-corrected chi connectivity index (χ4v) is 1.81. The second-order valence-corrected chi connectivity index (χ2v) is 4.44. The minimum absolute atomic E-state index is 0.268. The summed E-state index contributed by atoms with van der Waals surface area (Å²) in [7, 11) is 0. The van der Waals surface area contributed by atoms with Crippen LogP contribution in [0.5, 0.6) is 0 Å². The first-order valence-electron chi connectivity index (χ1n) is 5.61. The summed E-state index contributed by atoms with van der Waals surface area (Å²) in [6.45, 7) is 0.419. The van der Waals surface area contributed by atoms with Crippen LogP contribution in [-0.4, -0.2) is 0 Å². The summed E-state index contributed by atoms with van der Waals surface area (Å²) >= 11 is 5.88. The van der Waals surface area contributed by atoms with Crippen LogP contribution in [0.1, 0.15) is 11.1 Å². The molecule has 0 aromatic heterocycles. The number of halogens is 4. The van der Waals surface area contributed by atoms with Crippen LogP contribution < -0.4 is 5.32 Å². The lowest BCUT2D eigenvalue weighted by atomic mass is 10.1. The van der Waals surface area contributed by atoms with Gasteiger partial charge in [-0.2, -0.15) is 13.2 Å². The Morgan fingerprint density at radius 1 is 1.00 bits per heavy atom. The van der Waals surface area contributed by atoms with E-state index in [2.05, 4.69) is 5.32 Å². The summed E-state index contributed by atoms with van der Waals surface area (Å²) in [6.07, 6.45) is -4.37. The lowest BCUT2D eigenvalue weighted by molar-refractivity contribution is -0.137. The maximum atomic E-state index is 12.6. The van der Waals surface area contributed by atoms with E-state index in [1.54, 1.807) is 0 Å². The van der Waals surface area contributed by atoms with Crippen LogP contribution in [-0.2, 0) is 12.7 Å². The molecular weight excluding hydrogens is 275 g/mol. The average Bonchev–Trinajstić information content (AvgIpc) is 2.37. The molecule has 5 heteroatoms. The van der Waals surface area contributed by atoms with Crippen LogP contribution in [0.3, 0.4) is 0 Å². The predicted octanol–water partition coefficient (Wildman–Crippen LogP) is 4.97. The molecule has 0 amide bonds. The number of hydrogen-bond donors (Lipinski definition) is 1. The smallest absolute Gasteiger partial charge is 0.380 e. The third kappa shape index (κ3) is 3.64. The maximum absolute atomic E-state index is 12.6. The predicted molar refractivity (Wildman–Crippen MR) is 70.2 cm³/mol. The van der Waals surface area contributed by atoms with Crippen LogP contribution in [0.2, 0.25) is 5.02 Å². The highest BCUT2D eigenvalue weighted by Gasteiger charge is 2.30. The van der Waals surface area contributed by atoms with Crippen LogP contribution >= 0.6 is 11.6 Å². The minimum atomic E-state index is -4.37. The fraction of sp³-hybridized carbons (Fsp3) is 0.143. The average molecular weight is 286 g/mol. The summed E-state index contributed by atoms with van der Waals surface area (Å²) < 4.78 is 37.8. The molecule has 0 radical (unpaired) electrons. The molecule has 0 heterocycles. The molecule has 0 bridgehead atoms. The van der Waals surface area contributed by atoms with E-state index < -0.39 is 11.7 Å². The van der Waals surface area contributed by atoms with Gasteiger partial charge in [0.1, 0.15) is 0 Å². The molecule has 2 aromatic rings. The molecule has 2 aromatic carbocycles. The number of rotatable bonds is 3. The van der Waals surface area contributed by atoms with Gasteiger partial charge in [-0.1, -0.05) is 41.9 Å². The molecular formula is C14H11ClF3N. The molecule has 0 aliphatic rings. The van der Waals surface area contributed by atoms with Gasteiger partial charge in [0.15, 0.2) is 0 Å². The Balaban J connectivity index is 2.16. The van der Waals surface area contributed by atoms with Gasteiger partial charge in [-0.15, -0.1) is 0 Å². The van der Waals surface area contributed by atoms with Gasteiger partial charge in [-0.05, 0) is 23.8 Å². The van der Waals surface area contributed by atoms with E-state index in [9.17, 15) is 13.2 Å². The monoisotopic (exact) mass is 285 g/mol. The minimum Gasteiger partial charge on any atom is -0.380 e. The number of alkyl halides is 3. The van der Waals surface area contributed by atoms with Crippen LogP contribution in [0.15, 0.2) is 48.5 Å². The first kappa shape index (κ1) is 13.7. The normalized spacial score (nSPS) is 11.4. The van der Waals surface area contributed by atoms with Crippen molar-refractivity contribution in [3.8, 4) is 0 Å². The van der Waals surface area contributed by atoms with Crippen LogP contribution in [0, 0.1) is 0 Å². The van der Waals surface area contributed by atoms with E-state index in [0.717, 1.165) is 17.7 Å². The Morgan fingerprint density at radius 3 is 2.32 bits per heavy atom. The van der Waals surface area contributed by atoms with Gasteiger partial charge in [0.2, 0.25) is 0 Å². The first-order valence-corrected chi connectivity index (χ1v) is 5.99. The Labute approximate surface area is 114 Å². The zero-order valence-corrected chi connectivity index (χ0v) is 10.6. The van der Waals surface area contributed by atoms with E-state index >= 15 is 0 Å². The lowest BCUT2D eigenvalue weighted by Crippen LogP contribution is -2.07. The Hall–Kier alpha value is -1.68. The topological polar surface area (TPSA) is 12.0 Å². The van der Waals surface area contributed by atoms with E-state index in [1.807, 2.05) is 30.3 Å². The van der Waals surface area contributed by atoms with Gasteiger partial charge in [-0.3, -0.25) is 0 Å². The quantitative estimate of drug-likeness (QED) is 0.839. The lowest BCUT2D eigenvalue weighted by Gasteiger charge is -2.12. The molecule has 100 valence electrons. The second kappa shape index (κ2) is 5.53. The van der Waals surface area contributed by atoms with Crippen LogP contribution in [0.25, 0.3) is 0 Å². The SMILES string of the molecule is FC(F)(F)c1ccc(Cl)c(NCc2ccccc2)c1. The van der Waals surface area contributed by atoms with Crippen molar-refractivity contribution in [1.82, 2.24) is 0 Å². The molecule has 1 nitrogen and oxygen atoms in total. The van der Waals surface area contributed by atoms with Crippen molar-refractivity contribution in [3.05, 3.63) is 64.7 Å². The van der Waals surface area contributed by atoms with E-state index in [1.165, 1.54) is 6.07 Å². The molecule has 19 heavy (non-hydrogen) atoms. The molecule has 0 unspecified atom stereocenters. The second-order valence-electron chi connectivity index (χ2n) is 4.03. The van der Waals surface area contributed by atoms with Crippen molar-refractivity contribution in [2.75, 3.05) is 5.32 Å². The third-order valence-electron chi connectivity index (χ3n) is 2.62. The van der Waals surface area contributed by atoms with Gasteiger partial charge in [0.05, 0.1) is 16.3 Å². The van der Waals surface area contributed by atoms with Crippen molar-refractivity contribution in [1.29, 1.82) is 0 Å². The van der Waals surface area contributed by atoms with Gasteiger partial charge >= 0.3 is 6.18 Å². The van der Waals surface area contributed by atoms with Crippen LogP contribution in [0.4, 0.5) is 18.9 Å². The maximum Gasteiger partial charge on any atom is 0.416 e. The fourth-order valence-electron chi connectivity index (χ4n) is 1.63. The highest BCUT2D eigenvalue weighted by atomic mass is 35.5. The summed E-state index contributed by atoms with van der Waals surface area (Å²) in [4.78, 5) is 0. The Bertz CT molecular complexity index is 552. The molecule has 2 rings (SSSR count). The highest BCUT2D eigenvalue weighted by Crippen LogP contribution is 2.33. The summed E-state index contributed by atoms with van der Waals surface area (Å²) in [5.41, 5.74) is 0.531. The number of hydrogen-bond acceptors (Lipinski definition) is 1. The zero-order chi connectivity index (χ0) is 13.9. The van der Waals surface area contributed by atoms with Gasteiger partial charge < -0.3 is 5.32 Å². The molecule has 0 spiro atoms. The highest BCUT2D eigenvalue weighted by molar-refractivity contribution is 6.33. The van der Waals surface area contributed by atoms with E-state index in [4.69, 9.17) is 11.6 Å². The molecule has 0 saturated heterocycles. The molecule has 0 atom stereocenters. The van der Waals surface area contributed by atoms with E-state index in [0.29, 0.717) is 6.54 Å². The molecule has 0 fully saturated rings. The number of benzene rings is 2. The summed E-state index contributed by atoms with van der Waals surface area (Å²) in [6, 6.07) is 12.6.